The zero-order valence-corrected chi connectivity index (χ0v) is 17.3. The largest absolute Gasteiger partial charge is 0.383 e. The van der Waals surface area contributed by atoms with Crippen molar-refractivity contribution in [2.24, 2.45) is 0 Å². The highest BCUT2D eigenvalue weighted by Gasteiger charge is 2.18. The Kier molecular flexibility index (Phi) is 4.91. The molecular formula is C22H24ClN6-. The number of hydrogen-bond donors (Lipinski definition) is 0. The summed E-state index contributed by atoms with van der Waals surface area (Å²) in [6.45, 7) is 6.17. The molecule has 4 aromatic rings. The standard InChI is InChI=1S/C22H24ClN6/c1-26-11-13-27(14-12-26)15-16-29-21-18(20(25-29)17-7-3-2-4-8-17)19(23)22(24-21)28-9-5-6-10-28/h2-10H,11-16H2,1H3/q-1. The molecule has 0 aliphatic carbocycles. The Labute approximate surface area is 175 Å². The second kappa shape index (κ2) is 7.71. The molecule has 5 rings (SSSR count). The van der Waals surface area contributed by atoms with Gasteiger partial charge in [-0.2, -0.15) is 0 Å². The zero-order valence-electron chi connectivity index (χ0n) is 16.5. The zero-order chi connectivity index (χ0) is 19.8. The van der Waals surface area contributed by atoms with Crippen LogP contribution >= 0.6 is 11.6 Å². The van der Waals surface area contributed by atoms with Gasteiger partial charge in [-0.05, 0) is 19.4 Å². The summed E-state index contributed by atoms with van der Waals surface area (Å²) in [7, 11) is 2.18. The Hall–Kier alpha value is -2.54. The predicted molar refractivity (Wildman–Crippen MR) is 117 cm³/mol. The maximum absolute atomic E-state index is 6.83. The van der Waals surface area contributed by atoms with Gasteiger partial charge >= 0.3 is 0 Å². The minimum absolute atomic E-state index is 0.654. The van der Waals surface area contributed by atoms with Crippen LogP contribution in [-0.2, 0) is 6.54 Å². The number of benzene rings is 1. The Balaban J connectivity index is 1.54. The van der Waals surface area contributed by atoms with Crippen LogP contribution in [-0.4, -0.2) is 63.9 Å². The number of piperazine rings is 1. The van der Waals surface area contributed by atoms with E-state index in [4.69, 9.17) is 21.7 Å². The molecule has 1 aromatic carbocycles. The van der Waals surface area contributed by atoms with E-state index >= 15 is 0 Å². The topological polar surface area (TPSA) is 43.3 Å². The molecule has 29 heavy (non-hydrogen) atoms. The monoisotopic (exact) mass is 407 g/mol. The van der Waals surface area contributed by atoms with Gasteiger partial charge in [-0.1, -0.05) is 54.1 Å². The van der Waals surface area contributed by atoms with Crippen LogP contribution in [0.5, 0.6) is 0 Å². The third kappa shape index (κ3) is 3.48. The van der Waals surface area contributed by atoms with Gasteiger partial charge in [-0.25, -0.2) is 5.10 Å². The molecule has 0 radical (unpaired) electrons. The molecule has 150 valence electrons. The first-order valence-corrected chi connectivity index (χ1v) is 10.4. The van der Waals surface area contributed by atoms with Gasteiger partial charge < -0.3 is 24.0 Å². The number of fused-ring (bicyclic) bond motifs is 1. The Morgan fingerprint density at radius 2 is 1.69 bits per heavy atom. The van der Waals surface area contributed by atoms with Crippen molar-refractivity contribution < 1.29 is 0 Å². The van der Waals surface area contributed by atoms with Crippen LogP contribution in [0.15, 0.2) is 54.9 Å². The maximum Gasteiger partial charge on any atom is 0.0863 e. The quantitative estimate of drug-likeness (QED) is 0.509. The molecule has 0 N–H and O–H groups in total. The highest BCUT2D eigenvalue weighted by molar-refractivity contribution is 6.38. The fraction of sp³-hybridized carbons (Fsp3) is 0.318. The summed E-state index contributed by atoms with van der Waals surface area (Å²) in [6.07, 6.45) is 3.94. The molecular weight excluding hydrogens is 384 g/mol. The fourth-order valence-electron chi connectivity index (χ4n) is 3.94. The molecule has 0 bridgehead atoms. The first kappa shape index (κ1) is 18.5. The van der Waals surface area contributed by atoms with Gasteiger partial charge in [0.05, 0.1) is 10.7 Å². The molecule has 1 aliphatic rings. The van der Waals surface area contributed by atoms with E-state index < -0.39 is 0 Å². The van der Waals surface area contributed by atoms with E-state index in [0.29, 0.717) is 5.02 Å². The lowest BCUT2D eigenvalue weighted by atomic mass is 10.1. The van der Waals surface area contributed by atoms with Gasteiger partial charge in [-0.15, -0.1) is 0 Å². The van der Waals surface area contributed by atoms with Crippen molar-refractivity contribution in [1.29, 1.82) is 0 Å². The summed E-state index contributed by atoms with van der Waals surface area (Å²) >= 11 is 6.83. The van der Waals surface area contributed by atoms with E-state index in [2.05, 4.69) is 29.0 Å². The van der Waals surface area contributed by atoms with E-state index in [9.17, 15) is 0 Å². The molecule has 3 aromatic heterocycles. The van der Waals surface area contributed by atoms with Crippen LogP contribution in [0.2, 0.25) is 5.02 Å². The normalized spacial score (nSPS) is 16.1. The first-order chi connectivity index (χ1) is 14.2. The lowest BCUT2D eigenvalue weighted by molar-refractivity contribution is 0.149. The van der Waals surface area contributed by atoms with Gasteiger partial charge in [0.2, 0.25) is 0 Å². The van der Waals surface area contributed by atoms with E-state index in [1.54, 1.807) is 0 Å². The minimum Gasteiger partial charge on any atom is -0.383 e. The third-order valence-electron chi connectivity index (χ3n) is 5.67. The number of rotatable bonds is 5. The fourth-order valence-corrected chi connectivity index (χ4v) is 4.25. The summed E-state index contributed by atoms with van der Waals surface area (Å²) in [6, 6.07) is 14.2. The number of likely N-dealkylation sites (N-methyl/N-ethyl adjacent to an activating group) is 1. The van der Waals surface area contributed by atoms with Gasteiger partial charge in [-0.3, -0.25) is 0 Å². The number of halogens is 1. The van der Waals surface area contributed by atoms with Crippen molar-refractivity contribution in [3.63, 3.8) is 0 Å². The minimum atomic E-state index is 0.654. The molecule has 1 aliphatic heterocycles. The molecule has 7 heteroatoms. The summed E-state index contributed by atoms with van der Waals surface area (Å²) in [5.74, 6) is 0.759. The highest BCUT2D eigenvalue weighted by atomic mass is 35.5. The summed E-state index contributed by atoms with van der Waals surface area (Å²) < 4.78 is 3.98. The van der Waals surface area contributed by atoms with Crippen molar-refractivity contribution >= 4 is 22.6 Å². The summed E-state index contributed by atoms with van der Waals surface area (Å²) in [5, 5.41) is 6.51. The number of nitrogens with zero attached hydrogens (tertiary/aromatic N) is 6. The van der Waals surface area contributed by atoms with Crippen molar-refractivity contribution in [3.05, 3.63) is 59.9 Å². The molecule has 0 saturated carbocycles. The van der Waals surface area contributed by atoms with Gasteiger partial charge in [0.1, 0.15) is 0 Å². The Morgan fingerprint density at radius 1 is 0.966 bits per heavy atom. The average Bonchev–Trinajstić information content (AvgIpc) is 3.46. The van der Waals surface area contributed by atoms with Crippen LogP contribution in [0.3, 0.4) is 0 Å². The molecule has 1 fully saturated rings. The van der Waals surface area contributed by atoms with Crippen LogP contribution in [0.1, 0.15) is 0 Å². The van der Waals surface area contributed by atoms with E-state index in [-0.39, 0.29) is 0 Å². The first-order valence-electron chi connectivity index (χ1n) is 10.0. The van der Waals surface area contributed by atoms with Crippen molar-refractivity contribution in [1.82, 2.24) is 29.1 Å². The highest BCUT2D eigenvalue weighted by Crippen LogP contribution is 2.36. The van der Waals surface area contributed by atoms with Gasteiger partial charge in [0.15, 0.2) is 0 Å². The molecule has 1 saturated heterocycles. The average molecular weight is 408 g/mol. The van der Waals surface area contributed by atoms with Gasteiger partial charge in [0.25, 0.3) is 0 Å². The summed E-state index contributed by atoms with van der Waals surface area (Å²) in [5.41, 5.74) is 2.81. The second-order valence-corrected chi connectivity index (χ2v) is 8.00. The Bertz CT molecular complexity index is 1090. The maximum atomic E-state index is 6.83. The SMILES string of the molecule is CN1CCN(CCn2nc(-c3ccccc3)c3c(Cl)c(-n4cccc4)[n-]c32)CC1. The number of hydrogen-bond acceptors (Lipinski definition) is 3. The predicted octanol–water partition coefficient (Wildman–Crippen LogP) is 3.35. The third-order valence-corrected chi connectivity index (χ3v) is 6.03. The van der Waals surface area contributed by atoms with Crippen molar-refractivity contribution in [3.8, 4) is 17.1 Å². The Morgan fingerprint density at radius 3 is 2.41 bits per heavy atom. The molecule has 4 heterocycles. The summed E-state index contributed by atoms with van der Waals surface area (Å²) in [4.78, 5) is 9.75. The van der Waals surface area contributed by atoms with Crippen LogP contribution in [0.25, 0.3) is 28.1 Å². The van der Waals surface area contributed by atoms with Crippen molar-refractivity contribution in [2.45, 2.75) is 6.54 Å². The number of aromatic nitrogens is 4. The molecule has 0 unspecified atom stereocenters. The molecule has 0 atom stereocenters. The van der Waals surface area contributed by atoms with Crippen molar-refractivity contribution in [2.75, 3.05) is 39.8 Å². The second-order valence-electron chi connectivity index (χ2n) is 7.62. The van der Waals surface area contributed by atoms with Crippen LogP contribution < -0.4 is 4.98 Å². The van der Waals surface area contributed by atoms with E-state index in [0.717, 1.165) is 67.4 Å². The lowest BCUT2D eigenvalue weighted by Gasteiger charge is -2.32. The molecule has 0 spiro atoms. The van der Waals surface area contributed by atoms with Crippen LogP contribution in [0.4, 0.5) is 0 Å². The lowest BCUT2D eigenvalue weighted by Crippen LogP contribution is -2.45. The van der Waals surface area contributed by atoms with Crippen LogP contribution in [0, 0.1) is 0 Å². The van der Waals surface area contributed by atoms with E-state index in [1.165, 1.54) is 0 Å². The molecule has 0 amide bonds. The van der Waals surface area contributed by atoms with Gasteiger partial charge in [0, 0.05) is 61.7 Å². The smallest absolute Gasteiger partial charge is 0.0863 e. The van der Waals surface area contributed by atoms with E-state index in [1.807, 2.05) is 52.0 Å². The molecule has 6 nitrogen and oxygen atoms in total.